The molecule has 0 aliphatic carbocycles. The Bertz CT molecular complexity index is 722. The average molecular weight is 340 g/mol. The number of hydrogen-bond donors (Lipinski definition) is 2. The fourth-order valence-electron chi connectivity index (χ4n) is 2.03. The van der Waals surface area contributed by atoms with Crippen LogP contribution in [-0.2, 0) is 9.59 Å². The minimum absolute atomic E-state index is 0.0471. The van der Waals surface area contributed by atoms with Crippen molar-refractivity contribution in [2.45, 2.75) is 33.3 Å². The number of anilines is 2. The molecule has 25 heavy (non-hydrogen) atoms. The molecule has 0 radical (unpaired) electrons. The molecule has 2 aromatic carbocycles. The van der Waals surface area contributed by atoms with Gasteiger partial charge in [-0.15, -0.1) is 0 Å². The highest BCUT2D eigenvalue weighted by Crippen LogP contribution is 2.20. The summed E-state index contributed by atoms with van der Waals surface area (Å²) in [5, 5.41) is 5.64. The van der Waals surface area contributed by atoms with Gasteiger partial charge in [0, 0.05) is 17.3 Å². The minimum atomic E-state index is -1.02. The first kappa shape index (κ1) is 18.5. The molecule has 2 N–H and O–H groups in total. The fourth-order valence-corrected chi connectivity index (χ4v) is 2.03. The molecule has 2 amide bonds. The topological polar surface area (TPSA) is 67.4 Å². The lowest BCUT2D eigenvalue weighted by Gasteiger charge is -2.25. The largest absolute Gasteiger partial charge is 0.478 e. The van der Waals surface area contributed by atoms with Crippen LogP contribution >= 0.6 is 0 Å². The van der Waals surface area contributed by atoms with Crippen LogP contribution in [0.25, 0.3) is 0 Å². The van der Waals surface area contributed by atoms with Crippen molar-refractivity contribution in [2.24, 2.45) is 5.92 Å². The maximum atomic E-state index is 12.5. The van der Waals surface area contributed by atoms with Crippen molar-refractivity contribution in [1.82, 2.24) is 0 Å². The van der Waals surface area contributed by atoms with Crippen molar-refractivity contribution in [3.63, 3.8) is 0 Å². The molecule has 5 nitrogen and oxygen atoms in total. The van der Waals surface area contributed by atoms with Crippen LogP contribution in [0.5, 0.6) is 5.75 Å². The van der Waals surface area contributed by atoms with Gasteiger partial charge < -0.3 is 15.4 Å². The molecular weight excluding hydrogens is 316 g/mol. The van der Waals surface area contributed by atoms with E-state index in [2.05, 4.69) is 10.6 Å². The third-order valence-corrected chi connectivity index (χ3v) is 3.60. The summed E-state index contributed by atoms with van der Waals surface area (Å²) in [6, 6.07) is 16.2. The number of benzene rings is 2. The Morgan fingerprint density at radius 3 is 1.92 bits per heavy atom. The molecule has 0 spiro atoms. The first-order chi connectivity index (χ1) is 11.8. The summed E-state index contributed by atoms with van der Waals surface area (Å²) in [5.41, 5.74) is 0.306. The van der Waals surface area contributed by atoms with Gasteiger partial charge in [0.05, 0.1) is 0 Å². The average Bonchev–Trinajstić information content (AvgIpc) is 2.57. The number of para-hydroxylation sites is 1. The summed E-state index contributed by atoms with van der Waals surface area (Å²) >= 11 is 0. The molecule has 0 saturated carbocycles. The molecule has 0 aliphatic rings. The summed E-state index contributed by atoms with van der Waals surface area (Å²) in [6.07, 6.45) is 0. The molecule has 0 bridgehead atoms. The predicted octanol–water partition coefficient (Wildman–Crippen LogP) is 4.08. The maximum Gasteiger partial charge on any atom is 0.267 e. The maximum absolute atomic E-state index is 12.5. The summed E-state index contributed by atoms with van der Waals surface area (Å²) in [4.78, 5) is 24.2. The zero-order valence-corrected chi connectivity index (χ0v) is 15.0. The third-order valence-electron chi connectivity index (χ3n) is 3.60. The van der Waals surface area contributed by atoms with Crippen molar-refractivity contribution in [2.75, 3.05) is 10.6 Å². The van der Waals surface area contributed by atoms with E-state index in [4.69, 9.17) is 4.74 Å². The molecule has 2 aromatic rings. The van der Waals surface area contributed by atoms with Crippen molar-refractivity contribution in [1.29, 1.82) is 0 Å². The molecule has 0 heterocycles. The van der Waals surface area contributed by atoms with Gasteiger partial charge in [-0.1, -0.05) is 32.0 Å². The molecule has 0 atom stereocenters. The van der Waals surface area contributed by atoms with E-state index >= 15 is 0 Å². The van der Waals surface area contributed by atoms with Crippen LogP contribution in [0.15, 0.2) is 54.6 Å². The Hall–Kier alpha value is -2.82. The van der Waals surface area contributed by atoms with Gasteiger partial charge in [0.1, 0.15) is 5.75 Å². The van der Waals surface area contributed by atoms with Crippen molar-refractivity contribution >= 4 is 23.2 Å². The highest BCUT2D eigenvalue weighted by atomic mass is 16.5. The van der Waals surface area contributed by atoms with Crippen molar-refractivity contribution in [3.05, 3.63) is 54.6 Å². The summed E-state index contributed by atoms with van der Waals surface area (Å²) < 4.78 is 5.77. The first-order valence-corrected chi connectivity index (χ1v) is 8.24. The van der Waals surface area contributed by atoms with E-state index in [0.29, 0.717) is 17.1 Å². The number of ether oxygens (including phenoxy) is 1. The molecule has 2 rings (SSSR count). The molecule has 132 valence electrons. The van der Waals surface area contributed by atoms with Crippen LogP contribution in [0.4, 0.5) is 11.4 Å². The van der Waals surface area contributed by atoms with Crippen LogP contribution < -0.4 is 15.4 Å². The quantitative estimate of drug-likeness (QED) is 0.833. The van der Waals surface area contributed by atoms with Gasteiger partial charge in [-0.25, -0.2) is 0 Å². The lowest BCUT2D eigenvalue weighted by Crippen LogP contribution is -2.42. The molecule has 5 heteroatoms. The Labute approximate surface area is 148 Å². The summed E-state index contributed by atoms with van der Waals surface area (Å²) in [7, 11) is 0. The van der Waals surface area contributed by atoms with E-state index in [1.165, 1.54) is 0 Å². The Balaban J connectivity index is 1.98. The van der Waals surface area contributed by atoms with E-state index in [-0.39, 0.29) is 17.7 Å². The molecular formula is C20H24N2O3. The smallest absolute Gasteiger partial charge is 0.267 e. The monoisotopic (exact) mass is 340 g/mol. The van der Waals surface area contributed by atoms with Crippen LogP contribution in [-0.4, -0.2) is 17.4 Å². The summed E-state index contributed by atoms with van der Waals surface area (Å²) in [6.45, 7) is 7.09. The van der Waals surface area contributed by atoms with Gasteiger partial charge in [0.15, 0.2) is 5.60 Å². The van der Waals surface area contributed by atoms with Gasteiger partial charge in [0.25, 0.3) is 5.91 Å². The highest BCUT2D eigenvalue weighted by molar-refractivity contribution is 5.97. The number of rotatable bonds is 6. The van der Waals surface area contributed by atoms with Crippen LogP contribution in [0.3, 0.4) is 0 Å². The zero-order chi connectivity index (χ0) is 18.4. The van der Waals surface area contributed by atoms with Gasteiger partial charge >= 0.3 is 0 Å². The van der Waals surface area contributed by atoms with E-state index in [1.54, 1.807) is 50.2 Å². The van der Waals surface area contributed by atoms with Crippen LogP contribution in [0.1, 0.15) is 27.7 Å². The Morgan fingerprint density at radius 1 is 0.880 bits per heavy atom. The van der Waals surface area contributed by atoms with Crippen LogP contribution in [0, 0.1) is 5.92 Å². The third kappa shape index (κ3) is 5.35. The minimum Gasteiger partial charge on any atom is -0.478 e. The zero-order valence-electron chi connectivity index (χ0n) is 15.0. The van der Waals surface area contributed by atoms with Gasteiger partial charge in [-0.05, 0) is 50.2 Å². The van der Waals surface area contributed by atoms with Crippen molar-refractivity contribution < 1.29 is 14.3 Å². The molecule has 0 unspecified atom stereocenters. The first-order valence-electron chi connectivity index (χ1n) is 8.24. The normalized spacial score (nSPS) is 11.1. The number of hydrogen-bond acceptors (Lipinski definition) is 3. The molecule has 0 aromatic heterocycles. The van der Waals surface area contributed by atoms with Gasteiger partial charge in [0.2, 0.25) is 5.91 Å². The van der Waals surface area contributed by atoms with Gasteiger partial charge in [-0.2, -0.15) is 0 Å². The SMILES string of the molecule is CC(C)C(=O)Nc1ccc(NC(=O)C(C)(C)Oc2ccccc2)cc1. The summed E-state index contributed by atoms with van der Waals surface area (Å²) in [5.74, 6) is 0.245. The predicted molar refractivity (Wildman–Crippen MR) is 99.7 cm³/mol. The second-order valence-electron chi connectivity index (χ2n) is 6.60. The van der Waals surface area contributed by atoms with E-state index in [9.17, 15) is 9.59 Å². The Morgan fingerprint density at radius 2 is 1.40 bits per heavy atom. The van der Waals surface area contributed by atoms with E-state index in [0.717, 1.165) is 0 Å². The van der Waals surface area contributed by atoms with Crippen LogP contribution in [0.2, 0.25) is 0 Å². The highest BCUT2D eigenvalue weighted by Gasteiger charge is 2.30. The lowest BCUT2D eigenvalue weighted by atomic mass is 10.1. The number of carbonyl (C=O) groups excluding carboxylic acids is 2. The molecule has 0 fully saturated rings. The number of nitrogens with one attached hydrogen (secondary N) is 2. The fraction of sp³-hybridized carbons (Fsp3) is 0.300. The second kappa shape index (κ2) is 7.83. The molecule has 0 aliphatic heterocycles. The second-order valence-corrected chi connectivity index (χ2v) is 6.60. The van der Waals surface area contributed by atoms with Gasteiger partial charge in [-0.3, -0.25) is 9.59 Å². The lowest BCUT2D eigenvalue weighted by molar-refractivity contribution is -0.128. The Kier molecular flexibility index (Phi) is 5.80. The van der Waals surface area contributed by atoms with Crippen molar-refractivity contribution in [3.8, 4) is 5.75 Å². The number of carbonyl (C=O) groups is 2. The standard InChI is InChI=1S/C20H24N2O3/c1-14(2)18(23)21-15-10-12-16(13-11-15)22-19(24)20(3,4)25-17-8-6-5-7-9-17/h5-14H,1-4H3,(H,21,23)(H,22,24). The number of amides is 2. The molecule has 0 saturated heterocycles. The van der Waals surface area contributed by atoms with E-state index in [1.807, 2.05) is 32.0 Å². The van der Waals surface area contributed by atoms with E-state index < -0.39 is 5.60 Å².